The lowest BCUT2D eigenvalue weighted by atomic mass is 9.92. The van der Waals surface area contributed by atoms with E-state index in [1.54, 1.807) is 24.3 Å². The largest absolute Gasteiger partial charge is 0.490 e. The van der Waals surface area contributed by atoms with Crippen molar-refractivity contribution in [3.63, 3.8) is 0 Å². The summed E-state index contributed by atoms with van der Waals surface area (Å²) in [5.41, 5.74) is 7.77. The van der Waals surface area contributed by atoms with Gasteiger partial charge in [-0.25, -0.2) is 14.8 Å². The third-order valence-electron chi connectivity index (χ3n) is 6.30. The highest BCUT2D eigenvalue weighted by molar-refractivity contribution is 6.18. The van der Waals surface area contributed by atoms with Crippen LogP contribution >= 0.6 is 0 Å². The first-order valence-electron chi connectivity index (χ1n) is 12.8. The van der Waals surface area contributed by atoms with E-state index >= 15 is 0 Å². The van der Waals surface area contributed by atoms with Gasteiger partial charge in [-0.2, -0.15) is 0 Å². The highest BCUT2D eigenvalue weighted by atomic mass is 16.5. The quantitative estimate of drug-likeness (QED) is 0.277. The topological polar surface area (TPSA) is 96.7 Å². The summed E-state index contributed by atoms with van der Waals surface area (Å²) in [7, 11) is 0. The summed E-state index contributed by atoms with van der Waals surface area (Å²) < 4.78 is 6.16. The van der Waals surface area contributed by atoms with Gasteiger partial charge in [-0.05, 0) is 68.3 Å². The average Bonchev–Trinajstić information content (AvgIpc) is 3.06. The second-order valence-electron chi connectivity index (χ2n) is 9.53. The number of carbonyl (C=O) groups is 1. The van der Waals surface area contributed by atoms with Crippen molar-refractivity contribution in [1.29, 1.82) is 0 Å². The molecule has 3 aromatic carbocycles. The molecule has 4 aromatic rings. The summed E-state index contributed by atoms with van der Waals surface area (Å²) in [6, 6.07) is 21.1. The zero-order valence-corrected chi connectivity index (χ0v) is 21.7. The fraction of sp³-hybridized carbons (Fsp3) is 0.226. The number of aromatic carboxylic acids is 1. The van der Waals surface area contributed by atoms with E-state index in [-0.39, 0.29) is 11.7 Å². The first-order chi connectivity index (χ1) is 18.4. The van der Waals surface area contributed by atoms with Gasteiger partial charge in [-0.15, -0.1) is 0 Å². The van der Waals surface area contributed by atoms with Gasteiger partial charge in [-0.1, -0.05) is 37.6 Å². The van der Waals surface area contributed by atoms with Crippen LogP contribution in [0, 0.1) is 0 Å². The van der Waals surface area contributed by atoms with Crippen LogP contribution in [0.5, 0.6) is 5.75 Å². The zero-order valence-electron chi connectivity index (χ0n) is 21.7. The lowest BCUT2D eigenvalue weighted by molar-refractivity contribution is 0.0697. The minimum atomic E-state index is -0.965. The van der Waals surface area contributed by atoms with E-state index < -0.39 is 5.97 Å². The first-order valence-corrected chi connectivity index (χ1v) is 12.8. The highest BCUT2D eigenvalue weighted by Gasteiger charge is 2.23. The number of carboxylic acid groups (broad SMARTS) is 1. The Labute approximate surface area is 222 Å². The van der Waals surface area contributed by atoms with E-state index in [2.05, 4.69) is 41.5 Å². The van der Waals surface area contributed by atoms with Crippen LogP contribution in [-0.4, -0.2) is 32.9 Å². The molecule has 38 heavy (non-hydrogen) atoms. The molecule has 0 atom stereocenters. The summed E-state index contributed by atoms with van der Waals surface area (Å²) in [6.07, 6.45) is 3.87. The summed E-state index contributed by atoms with van der Waals surface area (Å²) in [5.74, 6) is 0.271. The first kappa shape index (κ1) is 25.1. The highest BCUT2D eigenvalue weighted by Crippen LogP contribution is 2.35. The summed E-state index contributed by atoms with van der Waals surface area (Å²) in [6.45, 7) is 6.66. The lowest BCUT2D eigenvalue weighted by Gasteiger charge is -2.17. The van der Waals surface area contributed by atoms with E-state index in [0.29, 0.717) is 18.2 Å². The molecule has 1 aromatic heterocycles. The van der Waals surface area contributed by atoms with Crippen LogP contribution in [0.2, 0.25) is 0 Å². The number of nitrogens with one attached hydrogen (secondary N) is 1. The third kappa shape index (κ3) is 5.27. The molecule has 7 heteroatoms. The fourth-order valence-corrected chi connectivity index (χ4v) is 4.58. The molecule has 7 nitrogen and oxygen atoms in total. The Morgan fingerprint density at radius 2 is 1.82 bits per heavy atom. The SMILES string of the molecule is CCCc1ccc2c(c1)C(c1ccccc1OC(C)C)=NCc1cnc(Nc3ccc(C(=O)O)cc3)nc1-2. The fourth-order valence-electron chi connectivity index (χ4n) is 4.58. The predicted octanol–water partition coefficient (Wildman–Crippen LogP) is 6.68. The van der Waals surface area contributed by atoms with Crippen LogP contribution in [0.25, 0.3) is 11.3 Å². The Hall–Kier alpha value is -4.52. The zero-order chi connectivity index (χ0) is 26.6. The van der Waals surface area contributed by atoms with Crippen LogP contribution in [0.3, 0.4) is 0 Å². The molecular weight excluding hydrogens is 476 g/mol. The van der Waals surface area contributed by atoms with Crippen molar-refractivity contribution in [2.45, 2.75) is 46.3 Å². The van der Waals surface area contributed by atoms with Crippen molar-refractivity contribution in [3.8, 4) is 17.0 Å². The minimum Gasteiger partial charge on any atom is -0.490 e. The van der Waals surface area contributed by atoms with Crippen molar-refractivity contribution in [3.05, 3.63) is 101 Å². The molecule has 0 fully saturated rings. The van der Waals surface area contributed by atoms with E-state index in [9.17, 15) is 9.90 Å². The number of fused-ring (bicyclic) bond motifs is 3. The van der Waals surface area contributed by atoms with Gasteiger partial charge in [0.05, 0.1) is 29.6 Å². The number of aromatic nitrogens is 2. The monoisotopic (exact) mass is 506 g/mol. The maximum atomic E-state index is 11.2. The van der Waals surface area contributed by atoms with Crippen molar-refractivity contribution in [1.82, 2.24) is 9.97 Å². The smallest absolute Gasteiger partial charge is 0.335 e. The number of aryl methyl sites for hydroxylation is 1. The van der Waals surface area contributed by atoms with Crippen molar-refractivity contribution in [2.24, 2.45) is 4.99 Å². The van der Waals surface area contributed by atoms with E-state index in [1.165, 1.54) is 5.56 Å². The van der Waals surface area contributed by atoms with E-state index in [1.807, 2.05) is 38.2 Å². The number of rotatable bonds is 8. The molecule has 0 saturated heterocycles. The van der Waals surface area contributed by atoms with Gasteiger partial charge in [-0.3, -0.25) is 4.99 Å². The molecular formula is C31H30N4O3. The van der Waals surface area contributed by atoms with Crippen LogP contribution < -0.4 is 10.1 Å². The van der Waals surface area contributed by atoms with Crippen molar-refractivity contribution >= 4 is 23.3 Å². The molecule has 2 N–H and O–H groups in total. The predicted molar refractivity (Wildman–Crippen MR) is 150 cm³/mol. The van der Waals surface area contributed by atoms with Gasteiger partial charge < -0.3 is 15.2 Å². The number of carboxylic acids is 1. The van der Waals surface area contributed by atoms with Gasteiger partial charge in [0.15, 0.2) is 0 Å². The minimum absolute atomic E-state index is 0.0367. The second kappa shape index (κ2) is 10.8. The molecule has 0 bridgehead atoms. The summed E-state index contributed by atoms with van der Waals surface area (Å²) in [5, 5.41) is 12.4. The molecule has 2 heterocycles. The maximum absolute atomic E-state index is 11.2. The Bertz CT molecular complexity index is 1510. The van der Waals surface area contributed by atoms with Gasteiger partial charge in [0.2, 0.25) is 5.95 Å². The van der Waals surface area contributed by atoms with E-state index in [0.717, 1.165) is 52.3 Å². The molecule has 0 spiro atoms. The van der Waals surface area contributed by atoms with Gasteiger partial charge in [0.1, 0.15) is 5.75 Å². The number of para-hydroxylation sites is 1. The normalized spacial score (nSPS) is 12.3. The molecule has 5 rings (SSSR count). The molecule has 0 saturated carbocycles. The number of ether oxygens (including phenoxy) is 1. The van der Waals surface area contributed by atoms with Gasteiger partial charge >= 0.3 is 5.97 Å². The number of anilines is 2. The Balaban J connectivity index is 1.59. The molecule has 192 valence electrons. The Morgan fingerprint density at radius 1 is 1.03 bits per heavy atom. The van der Waals surface area contributed by atoms with Crippen molar-refractivity contribution < 1.29 is 14.6 Å². The summed E-state index contributed by atoms with van der Waals surface area (Å²) >= 11 is 0. The molecule has 1 aliphatic heterocycles. The standard InChI is InChI=1S/C31H30N4O3/c1-4-7-20-10-15-24-26(16-20)29(25-8-5-6-9-27(25)38-19(2)3)32-17-22-18-33-31(35-28(22)24)34-23-13-11-21(12-14-23)30(36)37/h5-6,8-16,18-19H,4,7,17H2,1-3H3,(H,36,37)(H,33,34,35). The van der Waals surface area contributed by atoms with Crippen LogP contribution in [0.15, 0.2) is 77.9 Å². The van der Waals surface area contributed by atoms with Gasteiger partial charge in [0.25, 0.3) is 0 Å². The number of hydrogen-bond donors (Lipinski definition) is 2. The third-order valence-corrected chi connectivity index (χ3v) is 6.30. The lowest BCUT2D eigenvalue weighted by Crippen LogP contribution is -2.12. The van der Waals surface area contributed by atoms with E-state index in [4.69, 9.17) is 14.7 Å². The van der Waals surface area contributed by atoms with Crippen molar-refractivity contribution in [2.75, 3.05) is 5.32 Å². The second-order valence-corrected chi connectivity index (χ2v) is 9.53. The molecule has 0 aliphatic carbocycles. The number of nitrogens with zero attached hydrogens (tertiary/aromatic N) is 3. The number of aliphatic imine (C=N–C) groups is 1. The molecule has 1 aliphatic rings. The van der Waals surface area contributed by atoms with Crippen LogP contribution in [0.4, 0.5) is 11.6 Å². The molecule has 0 unspecified atom stereocenters. The van der Waals surface area contributed by atoms with Crippen LogP contribution in [0.1, 0.15) is 59.8 Å². The average molecular weight is 507 g/mol. The molecule has 0 amide bonds. The Kier molecular flexibility index (Phi) is 7.18. The van der Waals surface area contributed by atoms with Crippen LogP contribution in [-0.2, 0) is 13.0 Å². The number of hydrogen-bond acceptors (Lipinski definition) is 6. The van der Waals surface area contributed by atoms with Gasteiger partial charge in [0, 0.05) is 34.1 Å². The Morgan fingerprint density at radius 3 is 2.55 bits per heavy atom. The molecule has 0 radical (unpaired) electrons. The maximum Gasteiger partial charge on any atom is 0.335 e. The number of benzene rings is 3. The summed E-state index contributed by atoms with van der Waals surface area (Å²) in [4.78, 5) is 25.7.